The Hall–Kier alpha value is -3.20. The molecule has 2 amide bonds. The summed E-state index contributed by atoms with van der Waals surface area (Å²) >= 11 is 5.93. The minimum Gasteiger partial charge on any atom is -0.476 e. The molecule has 0 atom stereocenters. The van der Waals surface area contributed by atoms with Crippen molar-refractivity contribution in [3.63, 3.8) is 0 Å². The number of hydrogen-bond acceptors (Lipinski definition) is 6. The molecule has 0 saturated carbocycles. The first-order valence-corrected chi connectivity index (χ1v) is 8.75. The summed E-state index contributed by atoms with van der Waals surface area (Å²) in [6, 6.07) is 7.92. The summed E-state index contributed by atoms with van der Waals surface area (Å²) in [7, 11) is 0. The summed E-state index contributed by atoms with van der Waals surface area (Å²) in [4.78, 5) is 39.7. The van der Waals surface area contributed by atoms with E-state index in [2.05, 4.69) is 10.3 Å². The molecule has 0 aliphatic carbocycles. The SMILES string of the molecule is CCN(CC(=O)Nc1cc(Cl)ccc1C)C(=O)COc1cccnc1[N+](=O)[O-]. The zero-order valence-corrected chi connectivity index (χ0v) is 16.1. The van der Waals surface area contributed by atoms with Crippen LogP contribution in [0.4, 0.5) is 11.5 Å². The van der Waals surface area contributed by atoms with Gasteiger partial charge in [-0.2, -0.15) is 0 Å². The zero-order valence-electron chi connectivity index (χ0n) is 15.3. The van der Waals surface area contributed by atoms with Crippen LogP contribution in [-0.2, 0) is 9.59 Å². The number of nitrogens with one attached hydrogen (secondary N) is 1. The van der Waals surface area contributed by atoms with Crippen LogP contribution in [0.3, 0.4) is 0 Å². The molecule has 1 aromatic heterocycles. The van der Waals surface area contributed by atoms with Gasteiger partial charge in [0.15, 0.2) is 6.61 Å². The van der Waals surface area contributed by atoms with Gasteiger partial charge in [-0.15, -0.1) is 0 Å². The highest BCUT2D eigenvalue weighted by Crippen LogP contribution is 2.23. The van der Waals surface area contributed by atoms with Crippen molar-refractivity contribution in [3.8, 4) is 5.75 Å². The van der Waals surface area contributed by atoms with Crippen molar-refractivity contribution in [2.24, 2.45) is 0 Å². The van der Waals surface area contributed by atoms with Crippen LogP contribution in [0.2, 0.25) is 5.02 Å². The van der Waals surface area contributed by atoms with Crippen LogP contribution in [0.5, 0.6) is 5.75 Å². The molecule has 0 aliphatic heterocycles. The lowest BCUT2D eigenvalue weighted by Gasteiger charge is -2.20. The molecule has 9 nitrogen and oxygen atoms in total. The number of carbonyl (C=O) groups excluding carboxylic acids is 2. The van der Waals surface area contributed by atoms with Crippen LogP contribution in [0.15, 0.2) is 36.5 Å². The van der Waals surface area contributed by atoms with Gasteiger partial charge in [-0.1, -0.05) is 17.7 Å². The molecule has 0 saturated heterocycles. The summed E-state index contributed by atoms with van der Waals surface area (Å²) in [6.45, 7) is 3.15. The molecule has 0 unspecified atom stereocenters. The lowest BCUT2D eigenvalue weighted by Crippen LogP contribution is -2.40. The van der Waals surface area contributed by atoms with E-state index < -0.39 is 29.2 Å². The van der Waals surface area contributed by atoms with Crippen molar-refractivity contribution >= 4 is 34.9 Å². The maximum absolute atomic E-state index is 12.3. The van der Waals surface area contributed by atoms with Gasteiger partial charge in [0.25, 0.3) is 5.91 Å². The number of halogens is 1. The average molecular weight is 407 g/mol. The van der Waals surface area contributed by atoms with E-state index >= 15 is 0 Å². The molecular weight excluding hydrogens is 388 g/mol. The Bertz CT molecular complexity index is 890. The van der Waals surface area contributed by atoms with Gasteiger partial charge < -0.3 is 25.1 Å². The summed E-state index contributed by atoms with van der Waals surface area (Å²) in [5, 5.41) is 14.1. The van der Waals surface area contributed by atoms with E-state index in [9.17, 15) is 19.7 Å². The van der Waals surface area contributed by atoms with Crippen molar-refractivity contribution in [1.29, 1.82) is 0 Å². The second-order valence-corrected chi connectivity index (χ2v) is 6.22. The summed E-state index contributed by atoms with van der Waals surface area (Å²) in [5.41, 5.74) is 1.39. The number of nitrogens with zero attached hydrogens (tertiary/aromatic N) is 3. The van der Waals surface area contributed by atoms with Crippen LogP contribution in [0.1, 0.15) is 12.5 Å². The van der Waals surface area contributed by atoms with Gasteiger partial charge in [-0.05, 0) is 53.6 Å². The van der Waals surface area contributed by atoms with E-state index in [0.29, 0.717) is 10.7 Å². The second-order valence-electron chi connectivity index (χ2n) is 5.79. The third-order valence-corrected chi connectivity index (χ3v) is 4.05. The first-order valence-electron chi connectivity index (χ1n) is 8.37. The van der Waals surface area contributed by atoms with Crippen molar-refractivity contribution in [2.75, 3.05) is 25.0 Å². The van der Waals surface area contributed by atoms with Crippen molar-refractivity contribution in [1.82, 2.24) is 9.88 Å². The minimum atomic E-state index is -0.696. The normalized spacial score (nSPS) is 10.2. The van der Waals surface area contributed by atoms with Crippen LogP contribution in [0.25, 0.3) is 0 Å². The molecule has 28 heavy (non-hydrogen) atoms. The third-order valence-electron chi connectivity index (χ3n) is 3.82. The number of pyridine rings is 1. The number of amides is 2. The number of nitro groups is 1. The Labute approximate surface area is 166 Å². The predicted octanol–water partition coefficient (Wildman–Crippen LogP) is 2.82. The summed E-state index contributed by atoms with van der Waals surface area (Å²) in [6.07, 6.45) is 1.26. The lowest BCUT2D eigenvalue weighted by atomic mass is 10.2. The van der Waals surface area contributed by atoms with Crippen LogP contribution < -0.4 is 10.1 Å². The fourth-order valence-electron chi connectivity index (χ4n) is 2.33. The Morgan fingerprint density at radius 1 is 1.36 bits per heavy atom. The van der Waals surface area contributed by atoms with Crippen molar-refractivity contribution in [2.45, 2.75) is 13.8 Å². The standard InChI is InChI=1S/C18H19ClN4O5/c1-3-22(10-16(24)21-14-9-13(19)7-6-12(14)2)17(25)11-28-15-5-4-8-20-18(15)23(26)27/h4-9H,3,10-11H2,1-2H3,(H,21,24). The van der Waals surface area contributed by atoms with Gasteiger partial charge in [0.2, 0.25) is 11.7 Å². The number of likely N-dealkylation sites (N-methyl/N-ethyl adjacent to an activating group) is 1. The van der Waals surface area contributed by atoms with Gasteiger partial charge in [-0.25, -0.2) is 0 Å². The first-order chi connectivity index (χ1) is 13.3. The number of aromatic nitrogens is 1. The minimum absolute atomic E-state index is 0.115. The average Bonchev–Trinajstić information content (AvgIpc) is 2.67. The Morgan fingerprint density at radius 2 is 2.11 bits per heavy atom. The highest BCUT2D eigenvalue weighted by Gasteiger charge is 2.20. The number of aryl methyl sites for hydroxylation is 1. The maximum Gasteiger partial charge on any atom is 0.406 e. The first kappa shape index (κ1) is 21.1. The van der Waals surface area contributed by atoms with E-state index in [1.165, 1.54) is 23.2 Å². The number of ether oxygens (including phenoxy) is 1. The molecule has 1 N–H and O–H groups in total. The second kappa shape index (κ2) is 9.65. The molecule has 0 radical (unpaired) electrons. The number of carbonyl (C=O) groups is 2. The molecule has 2 aromatic rings. The number of hydrogen-bond donors (Lipinski definition) is 1. The highest BCUT2D eigenvalue weighted by molar-refractivity contribution is 6.31. The molecule has 1 aromatic carbocycles. The molecule has 0 spiro atoms. The Balaban J connectivity index is 1.97. The van der Waals surface area contributed by atoms with Gasteiger partial charge in [-0.3, -0.25) is 9.59 Å². The molecule has 0 bridgehead atoms. The maximum atomic E-state index is 12.3. The molecule has 0 fully saturated rings. The number of rotatable bonds is 8. The van der Waals surface area contributed by atoms with Crippen LogP contribution >= 0.6 is 11.6 Å². The topological polar surface area (TPSA) is 115 Å². The number of anilines is 1. The Morgan fingerprint density at radius 3 is 2.79 bits per heavy atom. The van der Waals surface area contributed by atoms with Gasteiger partial charge in [0, 0.05) is 17.3 Å². The van der Waals surface area contributed by atoms with Gasteiger partial charge in [0.05, 0.1) is 6.54 Å². The quantitative estimate of drug-likeness (QED) is 0.532. The van der Waals surface area contributed by atoms with E-state index in [1.807, 2.05) is 6.92 Å². The highest BCUT2D eigenvalue weighted by atomic mass is 35.5. The molecule has 148 valence electrons. The fourth-order valence-corrected chi connectivity index (χ4v) is 2.50. The number of benzene rings is 1. The van der Waals surface area contributed by atoms with Gasteiger partial charge >= 0.3 is 5.82 Å². The molecule has 0 aliphatic rings. The van der Waals surface area contributed by atoms with Crippen molar-refractivity contribution < 1.29 is 19.2 Å². The fraction of sp³-hybridized carbons (Fsp3) is 0.278. The van der Waals surface area contributed by atoms with E-state index in [-0.39, 0.29) is 18.8 Å². The van der Waals surface area contributed by atoms with Crippen LogP contribution in [0, 0.1) is 17.0 Å². The summed E-state index contributed by atoms with van der Waals surface area (Å²) < 4.78 is 5.23. The predicted molar refractivity (Wildman–Crippen MR) is 103 cm³/mol. The van der Waals surface area contributed by atoms with E-state index in [4.69, 9.17) is 16.3 Å². The zero-order chi connectivity index (χ0) is 20.7. The van der Waals surface area contributed by atoms with Crippen LogP contribution in [-0.4, -0.2) is 46.3 Å². The molecular formula is C18H19ClN4O5. The molecule has 1 heterocycles. The van der Waals surface area contributed by atoms with Gasteiger partial charge in [0.1, 0.15) is 6.20 Å². The van der Waals surface area contributed by atoms with E-state index in [0.717, 1.165) is 5.56 Å². The smallest absolute Gasteiger partial charge is 0.406 e. The lowest BCUT2D eigenvalue weighted by molar-refractivity contribution is -0.390. The van der Waals surface area contributed by atoms with E-state index in [1.54, 1.807) is 25.1 Å². The monoisotopic (exact) mass is 406 g/mol. The molecule has 2 rings (SSSR count). The Kier molecular flexibility index (Phi) is 7.28. The third kappa shape index (κ3) is 5.65. The largest absolute Gasteiger partial charge is 0.476 e. The molecule has 10 heteroatoms. The van der Waals surface area contributed by atoms with Crippen molar-refractivity contribution in [3.05, 3.63) is 57.2 Å². The summed E-state index contributed by atoms with van der Waals surface area (Å²) in [5.74, 6) is -1.48.